The van der Waals surface area contributed by atoms with Gasteiger partial charge in [0, 0.05) is 11.1 Å². The lowest BCUT2D eigenvalue weighted by Gasteiger charge is -2.55. The summed E-state index contributed by atoms with van der Waals surface area (Å²) in [4.78, 5) is 0. The van der Waals surface area contributed by atoms with Gasteiger partial charge < -0.3 is 5.73 Å². The molecule has 1 heteroatoms. The van der Waals surface area contributed by atoms with E-state index in [4.69, 9.17) is 5.73 Å². The molecule has 1 fully saturated rings. The minimum Gasteiger partial charge on any atom is -0.398 e. The number of hydrogen-bond acceptors (Lipinski definition) is 1. The average molecular weight is 231 g/mol. The lowest BCUT2D eigenvalue weighted by molar-refractivity contribution is 0.0981. The smallest absolute Gasteiger partial charge is 0.0349 e. The number of rotatable bonds is 5. The van der Waals surface area contributed by atoms with Crippen LogP contribution in [-0.2, 0) is 0 Å². The van der Waals surface area contributed by atoms with E-state index in [9.17, 15) is 0 Å². The van der Waals surface area contributed by atoms with Crippen molar-refractivity contribution in [3.05, 3.63) is 36.1 Å². The molecule has 2 aliphatic carbocycles. The van der Waals surface area contributed by atoms with E-state index in [0.717, 1.165) is 11.6 Å². The molecule has 0 radical (unpaired) electrons. The lowest BCUT2D eigenvalue weighted by atomic mass is 9.49. The van der Waals surface area contributed by atoms with E-state index in [1.54, 1.807) is 6.08 Å². The molecule has 2 rings (SSSR count). The van der Waals surface area contributed by atoms with Gasteiger partial charge in [-0.1, -0.05) is 52.3 Å². The van der Waals surface area contributed by atoms with Crippen molar-refractivity contribution in [2.75, 3.05) is 0 Å². The van der Waals surface area contributed by atoms with Gasteiger partial charge in [-0.3, -0.25) is 0 Å². The zero-order valence-electron chi connectivity index (χ0n) is 11.4. The first-order chi connectivity index (χ1) is 7.97. The van der Waals surface area contributed by atoms with Crippen molar-refractivity contribution in [2.24, 2.45) is 22.5 Å². The summed E-state index contributed by atoms with van der Waals surface area (Å²) < 4.78 is 0. The van der Waals surface area contributed by atoms with Crippen molar-refractivity contribution >= 4 is 0 Å². The highest BCUT2D eigenvalue weighted by atomic mass is 14.7. The first-order valence-corrected chi connectivity index (χ1v) is 6.79. The summed E-state index contributed by atoms with van der Waals surface area (Å²) in [5, 5.41) is 0. The summed E-state index contributed by atoms with van der Waals surface area (Å²) in [6, 6.07) is 0. The van der Waals surface area contributed by atoms with Crippen molar-refractivity contribution < 1.29 is 0 Å². The Kier molecular flexibility index (Phi) is 2.97. The SMILES string of the molecule is C=C/C=C(/N)C1=CC(C)(CC)C1(C)CC1CC1. The highest BCUT2D eigenvalue weighted by Crippen LogP contribution is 2.63. The summed E-state index contributed by atoms with van der Waals surface area (Å²) in [5.74, 6) is 0.936. The second-order valence-corrected chi connectivity index (χ2v) is 6.17. The number of allylic oxidation sites excluding steroid dienone is 4. The van der Waals surface area contributed by atoms with Gasteiger partial charge in [-0.05, 0) is 35.8 Å². The van der Waals surface area contributed by atoms with Crippen LogP contribution in [0.3, 0.4) is 0 Å². The van der Waals surface area contributed by atoms with E-state index in [0.29, 0.717) is 5.41 Å². The summed E-state index contributed by atoms with van der Waals surface area (Å²) in [5.41, 5.74) is 9.02. The predicted molar refractivity (Wildman–Crippen MR) is 74.4 cm³/mol. The number of hydrogen-bond donors (Lipinski definition) is 1. The van der Waals surface area contributed by atoms with E-state index in [1.807, 2.05) is 6.08 Å². The van der Waals surface area contributed by atoms with Crippen molar-refractivity contribution in [1.82, 2.24) is 0 Å². The van der Waals surface area contributed by atoms with Crippen LogP contribution in [0.1, 0.15) is 46.5 Å². The molecule has 0 aromatic rings. The zero-order valence-corrected chi connectivity index (χ0v) is 11.4. The molecule has 94 valence electrons. The van der Waals surface area contributed by atoms with Crippen LogP contribution in [0.4, 0.5) is 0 Å². The molecule has 2 atom stereocenters. The van der Waals surface area contributed by atoms with E-state index in [-0.39, 0.29) is 5.41 Å². The maximum absolute atomic E-state index is 6.16. The zero-order chi connectivity index (χ0) is 12.7. The molecule has 1 nitrogen and oxygen atoms in total. The van der Waals surface area contributed by atoms with Gasteiger partial charge in [0.2, 0.25) is 0 Å². The van der Waals surface area contributed by atoms with E-state index in [1.165, 1.54) is 31.3 Å². The van der Waals surface area contributed by atoms with Crippen LogP contribution in [0.15, 0.2) is 36.1 Å². The van der Waals surface area contributed by atoms with E-state index in [2.05, 4.69) is 33.4 Å². The van der Waals surface area contributed by atoms with Gasteiger partial charge in [-0.2, -0.15) is 0 Å². The fourth-order valence-corrected chi connectivity index (χ4v) is 3.22. The van der Waals surface area contributed by atoms with Crippen molar-refractivity contribution in [1.29, 1.82) is 0 Å². The highest BCUT2D eigenvalue weighted by Gasteiger charge is 2.54. The first-order valence-electron chi connectivity index (χ1n) is 6.79. The molecule has 2 N–H and O–H groups in total. The fourth-order valence-electron chi connectivity index (χ4n) is 3.22. The third-order valence-corrected chi connectivity index (χ3v) is 5.05. The monoisotopic (exact) mass is 231 g/mol. The Morgan fingerprint density at radius 1 is 1.53 bits per heavy atom. The van der Waals surface area contributed by atoms with Gasteiger partial charge in [0.05, 0.1) is 0 Å². The summed E-state index contributed by atoms with van der Waals surface area (Å²) in [6.07, 6.45) is 11.4. The molecule has 1 saturated carbocycles. The molecule has 0 aliphatic heterocycles. The summed E-state index contributed by atoms with van der Waals surface area (Å²) in [6.45, 7) is 10.8. The van der Waals surface area contributed by atoms with Crippen molar-refractivity contribution in [2.45, 2.75) is 46.5 Å². The van der Waals surface area contributed by atoms with Crippen LogP contribution in [0.5, 0.6) is 0 Å². The van der Waals surface area contributed by atoms with Gasteiger partial charge in [-0.15, -0.1) is 0 Å². The van der Waals surface area contributed by atoms with Crippen LogP contribution in [-0.4, -0.2) is 0 Å². The van der Waals surface area contributed by atoms with Gasteiger partial charge in [-0.25, -0.2) is 0 Å². The minimum absolute atomic E-state index is 0.270. The molecule has 0 saturated heterocycles. The Bertz CT molecular complexity index is 386. The van der Waals surface area contributed by atoms with Crippen molar-refractivity contribution in [3.8, 4) is 0 Å². The average Bonchev–Trinajstić information content (AvgIpc) is 3.09. The van der Waals surface area contributed by atoms with Crippen LogP contribution >= 0.6 is 0 Å². The quantitative estimate of drug-likeness (QED) is 0.706. The van der Waals surface area contributed by atoms with Gasteiger partial charge in [0.15, 0.2) is 0 Å². The van der Waals surface area contributed by atoms with Crippen LogP contribution in [0.25, 0.3) is 0 Å². The topological polar surface area (TPSA) is 26.0 Å². The largest absolute Gasteiger partial charge is 0.398 e. The minimum atomic E-state index is 0.270. The molecular weight excluding hydrogens is 206 g/mol. The summed E-state index contributed by atoms with van der Waals surface area (Å²) >= 11 is 0. The van der Waals surface area contributed by atoms with Crippen LogP contribution < -0.4 is 5.73 Å². The van der Waals surface area contributed by atoms with Crippen LogP contribution in [0, 0.1) is 16.7 Å². The molecule has 17 heavy (non-hydrogen) atoms. The molecule has 2 unspecified atom stereocenters. The van der Waals surface area contributed by atoms with Crippen molar-refractivity contribution in [3.63, 3.8) is 0 Å². The Morgan fingerprint density at radius 2 is 2.18 bits per heavy atom. The first kappa shape index (κ1) is 12.5. The molecule has 0 spiro atoms. The maximum Gasteiger partial charge on any atom is 0.0349 e. The van der Waals surface area contributed by atoms with Gasteiger partial charge >= 0.3 is 0 Å². The second kappa shape index (κ2) is 4.04. The number of nitrogens with two attached hydrogens (primary N) is 1. The Morgan fingerprint density at radius 3 is 2.65 bits per heavy atom. The lowest BCUT2D eigenvalue weighted by Crippen LogP contribution is -2.47. The maximum atomic E-state index is 6.16. The normalized spacial score (nSPS) is 37.4. The van der Waals surface area contributed by atoms with E-state index < -0.39 is 0 Å². The molecular formula is C16H25N. The molecule has 0 amide bonds. The molecule has 0 aromatic carbocycles. The summed E-state index contributed by atoms with van der Waals surface area (Å²) in [7, 11) is 0. The third-order valence-electron chi connectivity index (χ3n) is 5.05. The predicted octanol–water partition coefficient (Wildman–Crippen LogP) is 4.18. The molecule has 0 bridgehead atoms. The molecule has 2 aliphatic rings. The third kappa shape index (κ3) is 1.86. The Hall–Kier alpha value is -0.980. The fraction of sp³-hybridized carbons (Fsp3) is 0.625. The van der Waals surface area contributed by atoms with Gasteiger partial charge in [0.1, 0.15) is 0 Å². The Balaban J connectivity index is 2.28. The van der Waals surface area contributed by atoms with Crippen LogP contribution in [0.2, 0.25) is 0 Å². The standard InChI is InChI=1S/C16H25N/c1-5-7-14(17)13-11-15(3,6-2)16(13,4)10-12-8-9-12/h5,7,11-12H,1,6,8-10,17H2,2-4H3/b14-7+. The molecule has 0 aromatic heterocycles. The Labute approximate surface area is 105 Å². The van der Waals surface area contributed by atoms with Gasteiger partial charge in [0.25, 0.3) is 0 Å². The highest BCUT2D eigenvalue weighted by molar-refractivity contribution is 5.47. The second-order valence-electron chi connectivity index (χ2n) is 6.17. The van der Waals surface area contributed by atoms with E-state index >= 15 is 0 Å². The molecule has 0 heterocycles.